The summed E-state index contributed by atoms with van der Waals surface area (Å²) < 4.78 is 1.87. The van der Waals surface area contributed by atoms with Gasteiger partial charge in [-0.3, -0.25) is 4.68 Å². The van der Waals surface area contributed by atoms with Crippen LogP contribution in [0.4, 0.5) is 0 Å². The van der Waals surface area contributed by atoms with Crippen LogP contribution in [0.3, 0.4) is 0 Å². The lowest BCUT2D eigenvalue weighted by molar-refractivity contribution is 0.603. The summed E-state index contributed by atoms with van der Waals surface area (Å²) in [5.41, 5.74) is 3.33. The molecular weight excluding hydrogens is 269 g/mol. The summed E-state index contributed by atoms with van der Waals surface area (Å²) in [6, 6.07) is 5.72. The van der Waals surface area contributed by atoms with Crippen molar-refractivity contribution >= 4 is 23.2 Å². The van der Waals surface area contributed by atoms with E-state index in [2.05, 4.69) is 10.4 Å². The van der Waals surface area contributed by atoms with E-state index in [9.17, 15) is 0 Å². The molecule has 3 nitrogen and oxygen atoms in total. The average Bonchev–Trinajstić information content (AvgIpc) is 2.66. The fourth-order valence-electron chi connectivity index (χ4n) is 2.12. The van der Waals surface area contributed by atoms with Gasteiger partial charge < -0.3 is 5.32 Å². The molecule has 0 fully saturated rings. The predicted molar refractivity (Wildman–Crippen MR) is 75.3 cm³/mol. The number of hydrogen-bond acceptors (Lipinski definition) is 2. The Morgan fingerprint density at radius 1 is 1.28 bits per heavy atom. The molecular formula is C13H15Cl2N3. The summed E-state index contributed by atoms with van der Waals surface area (Å²) in [7, 11) is 3.85. The number of rotatable bonds is 3. The van der Waals surface area contributed by atoms with E-state index in [0.717, 1.165) is 16.8 Å². The van der Waals surface area contributed by atoms with Crippen LogP contribution in [0.15, 0.2) is 24.4 Å². The van der Waals surface area contributed by atoms with Crippen molar-refractivity contribution in [1.82, 2.24) is 15.1 Å². The Morgan fingerprint density at radius 2 is 2.00 bits per heavy atom. The molecule has 1 N–H and O–H groups in total. The number of halogens is 2. The van der Waals surface area contributed by atoms with Crippen LogP contribution in [0.2, 0.25) is 10.0 Å². The summed E-state index contributed by atoms with van der Waals surface area (Å²) in [5.74, 6) is 0. The van der Waals surface area contributed by atoms with E-state index >= 15 is 0 Å². The van der Waals surface area contributed by atoms with Gasteiger partial charge in [0.05, 0.1) is 28.0 Å². The molecule has 1 unspecified atom stereocenters. The molecule has 1 heterocycles. The summed E-state index contributed by atoms with van der Waals surface area (Å²) in [6.45, 7) is 2.05. The lowest BCUT2D eigenvalue weighted by atomic mass is 10.0. The van der Waals surface area contributed by atoms with Crippen LogP contribution < -0.4 is 5.32 Å². The third-order valence-electron chi connectivity index (χ3n) is 3.02. The Bertz CT molecular complexity index is 544. The van der Waals surface area contributed by atoms with Gasteiger partial charge in [0.25, 0.3) is 0 Å². The molecule has 96 valence electrons. The highest BCUT2D eigenvalue weighted by molar-refractivity contribution is 6.42. The number of benzene rings is 1. The lowest BCUT2D eigenvalue weighted by Crippen LogP contribution is -2.21. The van der Waals surface area contributed by atoms with Crippen molar-refractivity contribution in [2.24, 2.45) is 7.05 Å². The molecule has 0 aliphatic heterocycles. The Labute approximate surface area is 117 Å². The first kappa shape index (κ1) is 13.4. The maximum atomic E-state index is 6.07. The SMILES string of the molecule is CNC(c1ccc(Cl)c(Cl)c1)c1c(C)cnn1C. The van der Waals surface area contributed by atoms with Gasteiger partial charge >= 0.3 is 0 Å². The zero-order valence-electron chi connectivity index (χ0n) is 10.5. The normalized spacial score (nSPS) is 12.7. The van der Waals surface area contributed by atoms with Gasteiger partial charge in [-0.25, -0.2) is 0 Å². The van der Waals surface area contributed by atoms with Gasteiger partial charge in [0.2, 0.25) is 0 Å². The smallest absolute Gasteiger partial charge is 0.0748 e. The number of nitrogens with one attached hydrogen (secondary N) is 1. The van der Waals surface area contributed by atoms with Crippen molar-refractivity contribution in [3.63, 3.8) is 0 Å². The molecule has 0 spiro atoms. The zero-order valence-corrected chi connectivity index (χ0v) is 12.0. The second-order valence-corrected chi connectivity index (χ2v) is 5.05. The Morgan fingerprint density at radius 3 is 2.50 bits per heavy atom. The summed E-state index contributed by atoms with van der Waals surface area (Å²) in [6.07, 6.45) is 1.86. The predicted octanol–water partition coefficient (Wildman–Crippen LogP) is 3.34. The minimum Gasteiger partial charge on any atom is -0.308 e. The molecule has 0 radical (unpaired) electrons. The largest absolute Gasteiger partial charge is 0.308 e. The highest BCUT2D eigenvalue weighted by Crippen LogP contribution is 2.29. The molecule has 0 saturated carbocycles. The van der Waals surface area contributed by atoms with Gasteiger partial charge in [0.1, 0.15) is 0 Å². The van der Waals surface area contributed by atoms with E-state index in [1.165, 1.54) is 0 Å². The molecule has 0 saturated heterocycles. The Kier molecular flexibility index (Phi) is 3.95. The van der Waals surface area contributed by atoms with Gasteiger partial charge in [-0.15, -0.1) is 0 Å². The standard InChI is InChI=1S/C13H15Cl2N3/c1-8-7-17-18(3)13(8)12(16-2)9-4-5-10(14)11(15)6-9/h4-7,12,16H,1-3H3. The lowest BCUT2D eigenvalue weighted by Gasteiger charge is -2.18. The maximum Gasteiger partial charge on any atom is 0.0748 e. The van der Waals surface area contributed by atoms with Crippen LogP contribution in [0.1, 0.15) is 22.9 Å². The van der Waals surface area contributed by atoms with E-state index in [0.29, 0.717) is 10.0 Å². The number of aromatic nitrogens is 2. The zero-order chi connectivity index (χ0) is 13.3. The van der Waals surface area contributed by atoms with E-state index in [4.69, 9.17) is 23.2 Å². The van der Waals surface area contributed by atoms with Gasteiger partial charge in [0.15, 0.2) is 0 Å². The first-order valence-electron chi connectivity index (χ1n) is 5.65. The highest BCUT2D eigenvalue weighted by atomic mass is 35.5. The Balaban J connectivity index is 2.48. The number of nitrogens with zero attached hydrogens (tertiary/aromatic N) is 2. The van der Waals surface area contributed by atoms with E-state index in [1.807, 2.05) is 50.1 Å². The fraction of sp³-hybridized carbons (Fsp3) is 0.308. The van der Waals surface area contributed by atoms with Crippen molar-refractivity contribution < 1.29 is 0 Å². The fourth-order valence-corrected chi connectivity index (χ4v) is 2.43. The second kappa shape index (κ2) is 5.31. The molecule has 0 amide bonds. The molecule has 18 heavy (non-hydrogen) atoms. The van der Waals surface area contributed by atoms with Crippen molar-refractivity contribution in [1.29, 1.82) is 0 Å². The Hall–Kier alpha value is -1.03. The highest BCUT2D eigenvalue weighted by Gasteiger charge is 2.18. The van der Waals surface area contributed by atoms with Crippen LogP contribution in [-0.2, 0) is 7.05 Å². The van der Waals surface area contributed by atoms with Crippen molar-refractivity contribution in [3.8, 4) is 0 Å². The third kappa shape index (κ3) is 2.39. The van der Waals surface area contributed by atoms with Crippen molar-refractivity contribution in [2.45, 2.75) is 13.0 Å². The van der Waals surface area contributed by atoms with E-state index in [1.54, 1.807) is 0 Å². The van der Waals surface area contributed by atoms with Crippen LogP contribution >= 0.6 is 23.2 Å². The van der Waals surface area contributed by atoms with Crippen LogP contribution in [0, 0.1) is 6.92 Å². The van der Waals surface area contributed by atoms with Gasteiger partial charge in [-0.1, -0.05) is 29.3 Å². The molecule has 2 aromatic rings. The first-order chi connectivity index (χ1) is 8.54. The molecule has 0 bridgehead atoms. The quantitative estimate of drug-likeness (QED) is 0.936. The minimum absolute atomic E-state index is 0.0484. The van der Waals surface area contributed by atoms with Gasteiger partial charge in [-0.2, -0.15) is 5.10 Å². The van der Waals surface area contributed by atoms with Gasteiger partial charge in [-0.05, 0) is 37.2 Å². The second-order valence-electron chi connectivity index (χ2n) is 4.23. The first-order valence-corrected chi connectivity index (χ1v) is 6.41. The van der Waals surface area contributed by atoms with Crippen LogP contribution in [-0.4, -0.2) is 16.8 Å². The summed E-state index contributed by atoms with van der Waals surface area (Å²) >= 11 is 12.0. The van der Waals surface area contributed by atoms with Crippen LogP contribution in [0.5, 0.6) is 0 Å². The summed E-state index contributed by atoms with van der Waals surface area (Å²) in [5, 5.41) is 8.69. The van der Waals surface area contributed by atoms with Crippen LogP contribution in [0.25, 0.3) is 0 Å². The molecule has 5 heteroatoms. The molecule has 2 rings (SSSR count). The minimum atomic E-state index is 0.0484. The van der Waals surface area contributed by atoms with E-state index in [-0.39, 0.29) is 6.04 Å². The molecule has 1 atom stereocenters. The molecule has 0 aliphatic rings. The molecule has 1 aromatic heterocycles. The maximum absolute atomic E-state index is 6.07. The monoisotopic (exact) mass is 283 g/mol. The average molecular weight is 284 g/mol. The topological polar surface area (TPSA) is 29.9 Å². The number of hydrogen-bond donors (Lipinski definition) is 1. The summed E-state index contributed by atoms with van der Waals surface area (Å²) in [4.78, 5) is 0. The molecule has 0 aliphatic carbocycles. The molecule has 1 aromatic carbocycles. The van der Waals surface area contributed by atoms with Crippen molar-refractivity contribution in [3.05, 3.63) is 51.3 Å². The third-order valence-corrected chi connectivity index (χ3v) is 3.76. The van der Waals surface area contributed by atoms with Crippen molar-refractivity contribution in [2.75, 3.05) is 7.05 Å². The number of aryl methyl sites for hydroxylation is 2. The van der Waals surface area contributed by atoms with E-state index < -0.39 is 0 Å². The van der Waals surface area contributed by atoms with Gasteiger partial charge in [0, 0.05) is 7.05 Å².